The summed E-state index contributed by atoms with van der Waals surface area (Å²) >= 11 is 0. The third kappa shape index (κ3) is 4.03. The number of hydrogen-bond acceptors (Lipinski definition) is 2. The molecule has 0 atom stereocenters. The van der Waals surface area contributed by atoms with Crippen LogP contribution in [0.4, 0.5) is 4.39 Å². The molecule has 0 unspecified atom stereocenters. The number of rotatable bonds is 2. The quantitative estimate of drug-likeness (QED) is 0.568. The third-order valence-electron chi connectivity index (χ3n) is 1.48. The van der Waals surface area contributed by atoms with Gasteiger partial charge in [0.15, 0.2) is 0 Å². The van der Waals surface area contributed by atoms with Crippen LogP contribution in [-0.2, 0) is 0 Å². The fourth-order valence-electron chi connectivity index (χ4n) is 0.849. The Bertz CT molecular complexity index is 309. The van der Waals surface area contributed by atoms with Crippen LogP contribution in [0.15, 0.2) is 29.4 Å². The lowest BCUT2D eigenvalue weighted by molar-refractivity contribution is 0.442. The Balaban J connectivity index is 2.57. The predicted molar refractivity (Wildman–Crippen MR) is 56.9 cm³/mol. The van der Waals surface area contributed by atoms with Gasteiger partial charge in [0.2, 0.25) is 0 Å². The third-order valence-corrected chi connectivity index (χ3v) is 1.48. The van der Waals surface area contributed by atoms with Crippen LogP contribution < -0.4 is 5.43 Å². The first kappa shape index (κ1) is 10.7. The number of nitrogens with one attached hydrogen (secondary N) is 1. The molecular formula is C11H15FN2. The van der Waals surface area contributed by atoms with Crippen LogP contribution >= 0.6 is 0 Å². The van der Waals surface area contributed by atoms with Gasteiger partial charge in [0.1, 0.15) is 5.82 Å². The average molecular weight is 194 g/mol. The van der Waals surface area contributed by atoms with Gasteiger partial charge in [-0.1, -0.05) is 12.1 Å². The summed E-state index contributed by atoms with van der Waals surface area (Å²) < 4.78 is 12.5. The van der Waals surface area contributed by atoms with Crippen molar-refractivity contribution < 1.29 is 4.39 Å². The lowest BCUT2D eigenvalue weighted by Crippen LogP contribution is -2.31. The Morgan fingerprint density at radius 1 is 1.21 bits per heavy atom. The van der Waals surface area contributed by atoms with Crippen LogP contribution in [0.25, 0.3) is 0 Å². The van der Waals surface area contributed by atoms with E-state index in [-0.39, 0.29) is 11.4 Å². The van der Waals surface area contributed by atoms with Gasteiger partial charge in [0, 0.05) is 5.54 Å². The Hall–Kier alpha value is -1.38. The minimum absolute atomic E-state index is 0.0451. The lowest BCUT2D eigenvalue weighted by Gasteiger charge is -2.16. The molecule has 0 aliphatic heterocycles. The zero-order valence-electron chi connectivity index (χ0n) is 8.71. The molecular weight excluding hydrogens is 179 g/mol. The van der Waals surface area contributed by atoms with Gasteiger partial charge in [-0.2, -0.15) is 5.10 Å². The highest BCUT2D eigenvalue weighted by molar-refractivity contribution is 5.79. The fourth-order valence-corrected chi connectivity index (χ4v) is 0.849. The first-order valence-electron chi connectivity index (χ1n) is 4.53. The van der Waals surface area contributed by atoms with E-state index in [9.17, 15) is 4.39 Å². The average Bonchev–Trinajstić information content (AvgIpc) is 2.06. The molecule has 0 saturated heterocycles. The summed E-state index contributed by atoms with van der Waals surface area (Å²) in [6.45, 7) is 6.07. The topological polar surface area (TPSA) is 24.4 Å². The maximum atomic E-state index is 12.5. The molecule has 0 bridgehead atoms. The van der Waals surface area contributed by atoms with Crippen molar-refractivity contribution in [3.05, 3.63) is 35.6 Å². The molecule has 0 aliphatic carbocycles. The second-order valence-electron chi connectivity index (χ2n) is 4.17. The van der Waals surface area contributed by atoms with E-state index in [4.69, 9.17) is 0 Å². The molecule has 3 heteroatoms. The molecule has 0 spiro atoms. The van der Waals surface area contributed by atoms with Crippen LogP contribution in [0, 0.1) is 5.82 Å². The molecule has 0 radical (unpaired) electrons. The first-order valence-corrected chi connectivity index (χ1v) is 4.53. The highest BCUT2D eigenvalue weighted by Crippen LogP contribution is 2.01. The monoisotopic (exact) mass is 194 g/mol. The highest BCUT2D eigenvalue weighted by atomic mass is 19.1. The standard InChI is InChI=1S/C11H15FN2/c1-11(2,3)14-13-8-9-4-6-10(12)7-5-9/h4-8,14H,1-3H3. The molecule has 1 N–H and O–H groups in total. The summed E-state index contributed by atoms with van der Waals surface area (Å²) in [5.74, 6) is -0.231. The number of nitrogens with zero attached hydrogens (tertiary/aromatic N) is 1. The SMILES string of the molecule is CC(C)(C)NN=Cc1ccc(F)cc1. The fraction of sp³-hybridized carbons (Fsp3) is 0.364. The molecule has 0 saturated carbocycles. The van der Waals surface area contributed by atoms with Crippen LogP contribution in [0.3, 0.4) is 0 Å². The summed E-state index contributed by atoms with van der Waals surface area (Å²) in [7, 11) is 0. The Labute approximate surface area is 83.8 Å². The second kappa shape index (κ2) is 4.22. The molecule has 2 nitrogen and oxygen atoms in total. The van der Waals surface area contributed by atoms with E-state index in [0.717, 1.165) is 5.56 Å². The van der Waals surface area contributed by atoms with Crippen molar-refractivity contribution in [1.29, 1.82) is 0 Å². The van der Waals surface area contributed by atoms with Gasteiger partial charge < -0.3 is 5.43 Å². The Kier molecular flexibility index (Phi) is 3.23. The summed E-state index contributed by atoms with van der Waals surface area (Å²) in [6, 6.07) is 6.20. The molecule has 0 heterocycles. The van der Waals surface area contributed by atoms with Crippen LogP contribution in [-0.4, -0.2) is 11.8 Å². The minimum Gasteiger partial charge on any atom is -0.305 e. The van der Waals surface area contributed by atoms with Gasteiger partial charge >= 0.3 is 0 Å². The normalized spacial score (nSPS) is 12.0. The second-order valence-corrected chi connectivity index (χ2v) is 4.17. The van der Waals surface area contributed by atoms with Gasteiger partial charge in [0.05, 0.1) is 6.21 Å². The molecule has 0 fully saturated rings. The molecule has 0 aromatic heterocycles. The molecule has 1 aromatic carbocycles. The molecule has 76 valence electrons. The van der Waals surface area contributed by atoms with E-state index in [1.54, 1.807) is 18.3 Å². The van der Waals surface area contributed by atoms with E-state index in [0.29, 0.717) is 0 Å². The maximum absolute atomic E-state index is 12.5. The molecule has 14 heavy (non-hydrogen) atoms. The highest BCUT2D eigenvalue weighted by Gasteiger charge is 2.05. The van der Waals surface area contributed by atoms with Crippen molar-refractivity contribution in [2.75, 3.05) is 0 Å². The van der Waals surface area contributed by atoms with E-state index >= 15 is 0 Å². The van der Waals surface area contributed by atoms with Crippen molar-refractivity contribution in [1.82, 2.24) is 5.43 Å². The Morgan fingerprint density at radius 3 is 2.29 bits per heavy atom. The van der Waals surface area contributed by atoms with Crippen molar-refractivity contribution >= 4 is 6.21 Å². The summed E-state index contributed by atoms with van der Waals surface area (Å²) in [5, 5.41) is 4.05. The van der Waals surface area contributed by atoms with E-state index in [1.807, 2.05) is 20.8 Å². The molecule has 0 amide bonds. The van der Waals surface area contributed by atoms with Crippen LogP contribution in [0.5, 0.6) is 0 Å². The predicted octanol–water partition coefficient (Wildman–Crippen LogP) is 2.55. The van der Waals surface area contributed by atoms with Crippen molar-refractivity contribution in [3.8, 4) is 0 Å². The number of halogens is 1. The van der Waals surface area contributed by atoms with Gasteiger partial charge in [-0.3, -0.25) is 0 Å². The lowest BCUT2D eigenvalue weighted by atomic mass is 10.1. The van der Waals surface area contributed by atoms with E-state index in [2.05, 4.69) is 10.5 Å². The van der Waals surface area contributed by atoms with Crippen molar-refractivity contribution in [2.24, 2.45) is 5.10 Å². The number of hydrazone groups is 1. The number of hydrogen-bond donors (Lipinski definition) is 1. The van der Waals surface area contributed by atoms with E-state index in [1.165, 1.54) is 12.1 Å². The Morgan fingerprint density at radius 2 is 1.79 bits per heavy atom. The molecule has 1 rings (SSSR count). The minimum atomic E-state index is -0.231. The zero-order chi connectivity index (χ0) is 10.6. The van der Waals surface area contributed by atoms with Gasteiger partial charge in [-0.05, 0) is 38.5 Å². The summed E-state index contributed by atoms with van der Waals surface area (Å²) in [4.78, 5) is 0. The number of benzene rings is 1. The van der Waals surface area contributed by atoms with Gasteiger partial charge in [-0.25, -0.2) is 4.39 Å². The largest absolute Gasteiger partial charge is 0.305 e. The van der Waals surface area contributed by atoms with Crippen molar-refractivity contribution in [3.63, 3.8) is 0 Å². The molecule has 1 aromatic rings. The zero-order valence-corrected chi connectivity index (χ0v) is 8.71. The molecule has 0 aliphatic rings. The van der Waals surface area contributed by atoms with Crippen LogP contribution in [0.1, 0.15) is 26.3 Å². The smallest absolute Gasteiger partial charge is 0.123 e. The van der Waals surface area contributed by atoms with Gasteiger partial charge in [-0.15, -0.1) is 0 Å². The summed E-state index contributed by atoms with van der Waals surface area (Å²) in [5.41, 5.74) is 3.79. The van der Waals surface area contributed by atoms with Crippen molar-refractivity contribution in [2.45, 2.75) is 26.3 Å². The van der Waals surface area contributed by atoms with Gasteiger partial charge in [0.25, 0.3) is 0 Å². The first-order chi connectivity index (χ1) is 6.47. The van der Waals surface area contributed by atoms with E-state index < -0.39 is 0 Å². The maximum Gasteiger partial charge on any atom is 0.123 e. The van der Waals surface area contributed by atoms with Crippen LogP contribution in [0.2, 0.25) is 0 Å². The summed E-state index contributed by atoms with van der Waals surface area (Å²) in [6.07, 6.45) is 1.67.